The van der Waals surface area contributed by atoms with E-state index in [0.717, 1.165) is 0 Å². The Morgan fingerprint density at radius 1 is 1.71 bits per heavy atom. The maximum Gasteiger partial charge on any atom is 0.407 e. The van der Waals surface area contributed by atoms with E-state index in [9.17, 15) is 4.79 Å². The summed E-state index contributed by atoms with van der Waals surface area (Å²) in [6, 6.07) is 1.70. The summed E-state index contributed by atoms with van der Waals surface area (Å²) in [5.41, 5.74) is 0. The van der Waals surface area contributed by atoms with Gasteiger partial charge in [-0.15, -0.1) is 12.4 Å². The summed E-state index contributed by atoms with van der Waals surface area (Å²) in [6.45, 7) is 1.06. The van der Waals surface area contributed by atoms with Crippen molar-refractivity contribution in [2.45, 2.75) is 6.10 Å². The predicted molar refractivity (Wildman–Crippen MR) is 50.5 cm³/mol. The molecule has 14 heavy (non-hydrogen) atoms. The average Bonchev–Trinajstić information content (AvgIpc) is 2.71. The number of halogens is 1. The maximum atomic E-state index is 10.6. The molecule has 1 fully saturated rings. The Bertz CT molecular complexity index is 290. The molecule has 0 saturated carbocycles. The van der Waals surface area contributed by atoms with E-state index < -0.39 is 0 Å². The summed E-state index contributed by atoms with van der Waals surface area (Å²) in [5.74, 6) is 0.642. The van der Waals surface area contributed by atoms with E-state index in [-0.39, 0.29) is 24.6 Å². The lowest BCUT2D eigenvalue weighted by Gasteiger charge is -2.06. The highest BCUT2D eigenvalue weighted by Crippen LogP contribution is 2.04. The number of aromatic nitrogens is 1. The van der Waals surface area contributed by atoms with E-state index >= 15 is 0 Å². The topological polar surface area (TPSA) is 76.4 Å². The van der Waals surface area contributed by atoms with E-state index in [0.29, 0.717) is 18.9 Å². The van der Waals surface area contributed by atoms with Gasteiger partial charge in [-0.1, -0.05) is 5.16 Å². The maximum absolute atomic E-state index is 10.6. The van der Waals surface area contributed by atoms with Crippen LogP contribution in [0.3, 0.4) is 0 Å². The monoisotopic (exact) mass is 219 g/mol. The summed E-state index contributed by atoms with van der Waals surface area (Å²) < 4.78 is 9.50. The van der Waals surface area contributed by atoms with Crippen LogP contribution in [0.2, 0.25) is 0 Å². The molecule has 0 bridgehead atoms. The number of ether oxygens (including phenoxy) is 1. The zero-order chi connectivity index (χ0) is 9.10. The van der Waals surface area contributed by atoms with E-state index in [1.54, 1.807) is 6.07 Å². The Balaban J connectivity index is 0.000000980. The molecule has 6 nitrogen and oxygen atoms in total. The molecule has 1 aliphatic heterocycles. The van der Waals surface area contributed by atoms with Crippen molar-refractivity contribution in [2.75, 3.05) is 18.4 Å². The first-order valence-electron chi connectivity index (χ1n) is 3.93. The third kappa shape index (κ3) is 2.53. The van der Waals surface area contributed by atoms with Crippen molar-refractivity contribution < 1.29 is 14.1 Å². The van der Waals surface area contributed by atoms with Gasteiger partial charge >= 0.3 is 6.09 Å². The number of cyclic esters (lactones) is 1. The second-order valence-electron chi connectivity index (χ2n) is 2.67. The highest BCUT2D eigenvalue weighted by Gasteiger charge is 2.21. The predicted octanol–water partition coefficient (Wildman–Crippen LogP) is 0.617. The molecule has 0 aromatic carbocycles. The van der Waals surface area contributed by atoms with Crippen LogP contribution in [-0.2, 0) is 4.74 Å². The van der Waals surface area contributed by atoms with Crippen molar-refractivity contribution in [3.05, 3.63) is 12.3 Å². The SMILES string of the molecule is Cl.O=C1NCC(CNc2ccon2)O1. The molecule has 0 aliphatic carbocycles. The quantitative estimate of drug-likeness (QED) is 0.779. The molecule has 1 aliphatic rings. The van der Waals surface area contributed by atoms with Gasteiger partial charge in [0.1, 0.15) is 12.4 Å². The fourth-order valence-electron chi connectivity index (χ4n) is 1.07. The van der Waals surface area contributed by atoms with Gasteiger partial charge in [0.05, 0.1) is 13.1 Å². The van der Waals surface area contributed by atoms with Gasteiger partial charge in [0.15, 0.2) is 5.82 Å². The van der Waals surface area contributed by atoms with Gasteiger partial charge in [-0.05, 0) is 0 Å². The Morgan fingerprint density at radius 3 is 3.14 bits per heavy atom. The van der Waals surface area contributed by atoms with Gasteiger partial charge in [-0.2, -0.15) is 0 Å². The number of carbonyl (C=O) groups excluding carboxylic acids is 1. The first-order chi connectivity index (χ1) is 6.34. The molecule has 2 rings (SSSR count). The summed E-state index contributed by atoms with van der Waals surface area (Å²) >= 11 is 0. The molecule has 0 spiro atoms. The number of rotatable bonds is 3. The fourth-order valence-corrected chi connectivity index (χ4v) is 1.07. The van der Waals surface area contributed by atoms with Crippen molar-refractivity contribution in [1.29, 1.82) is 0 Å². The van der Waals surface area contributed by atoms with Crippen molar-refractivity contribution in [3.63, 3.8) is 0 Å². The number of hydrogen-bond donors (Lipinski definition) is 2. The lowest BCUT2D eigenvalue weighted by molar-refractivity contribution is 0.145. The van der Waals surface area contributed by atoms with Crippen LogP contribution >= 0.6 is 12.4 Å². The average molecular weight is 220 g/mol. The Hall–Kier alpha value is -1.43. The standard InChI is InChI=1S/C7H9N3O3.ClH/c11-7-9-4-5(13-7)3-8-6-1-2-12-10-6;/h1-2,5H,3-4H2,(H,8,10)(H,9,11);1H. The second-order valence-corrected chi connectivity index (χ2v) is 2.67. The van der Waals surface area contributed by atoms with Crippen molar-refractivity contribution in [2.24, 2.45) is 0 Å². The van der Waals surface area contributed by atoms with Crippen molar-refractivity contribution in [1.82, 2.24) is 10.5 Å². The van der Waals surface area contributed by atoms with Gasteiger partial charge in [-0.3, -0.25) is 0 Å². The Labute approximate surface area is 86.4 Å². The fraction of sp³-hybridized carbons (Fsp3) is 0.429. The van der Waals surface area contributed by atoms with Gasteiger partial charge < -0.3 is 19.9 Å². The summed E-state index contributed by atoms with van der Waals surface area (Å²) in [7, 11) is 0. The minimum absolute atomic E-state index is 0. The number of carbonyl (C=O) groups is 1. The number of nitrogens with one attached hydrogen (secondary N) is 2. The van der Waals surface area contributed by atoms with Crippen LogP contribution in [0.4, 0.5) is 10.6 Å². The number of alkyl carbamates (subject to hydrolysis) is 1. The zero-order valence-corrected chi connectivity index (χ0v) is 8.04. The van der Waals surface area contributed by atoms with Crippen LogP contribution < -0.4 is 10.6 Å². The van der Waals surface area contributed by atoms with Crippen LogP contribution in [0.25, 0.3) is 0 Å². The molecule has 2 N–H and O–H groups in total. The molecule has 1 saturated heterocycles. The molecule has 7 heteroatoms. The number of nitrogens with zero attached hydrogens (tertiary/aromatic N) is 1. The van der Waals surface area contributed by atoms with Crippen LogP contribution in [0.1, 0.15) is 0 Å². The third-order valence-corrected chi connectivity index (χ3v) is 1.70. The lowest BCUT2D eigenvalue weighted by atomic mass is 10.3. The van der Waals surface area contributed by atoms with E-state index in [1.165, 1.54) is 6.26 Å². The second kappa shape index (κ2) is 4.71. The molecular formula is C7H10ClN3O3. The lowest BCUT2D eigenvalue weighted by Crippen LogP contribution is -2.23. The first-order valence-corrected chi connectivity index (χ1v) is 3.93. The minimum atomic E-state index is -0.369. The molecular weight excluding hydrogens is 210 g/mol. The van der Waals surface area contributed by atoms with E-state index in [1.807, 2.05) is 0 Å². The van der Waals surface area contributed by atoms with Gasteiger partial charge in [0.2, 0.25) is 0 Å². The van der Waals surface area contributed by atoms with Crippen LogP contribution in [0.5, 0.6) is 0 Å². The van der Waals surface area contributed by atoms with Gasteiger partial charge in [0, 0.05) is 6.07 Å². The van der Waals surface area contributed by atoms with E-state index in [2.05, 4.69) is 20.3 Å². The van der Waals surface area contributed by atoms with Crippen molar-refractivity contribution in [3.8, 4) is 0 Å². The van der Waals surface area contributed by atoms with Crippen LogP contribution in [0, 0.1) is 0 Å². The smallest absolute Gasteiger partial charge is 0.407 e. The van der Waals surface area contributed by atoms with Gasteiger partial charge in [-0.25, -0.2) is 4.79 Å². The number of anilines is 1. The largest absolute Gasteiger partial charge is 0.442 e. The molecule has 0 radical (unpaired) electrons. The molecule has 1 aromatic rings. The molecule has 1 unspecified atom stereocenters. The van der Waals surface area contributed by atoms with Crippen LogP contribution in [-0.4, -0.2) is 30.4 Å². The highest BCUT2D eigenvalue weighted by atomic mass is 35.5. The Kier molecular flexibility index (Phi) is 3.58. The number of amides is 1. The van der Waals surface area contributed by atoms with Crippen LogP contribution in [0.15, 0.2) is 16.9 Å². The van der Waals surface area contributed by atoms with E-state index in [4.69, 9.17) is 4.74 Å². The first kappa shape index (κ1) is 10.6. The highest BCUT2D eigenvalue weighted by molar-refractivity contribution is 5.85. The normalized spacial score (nSPS) is 19.4. The summed E-state index contributed by atoms with van der Waals surface area (Å²) in [6.07, 6.45) is 0.970. The molecule has 78 valence electrons. The minimum Gasteiger partial charge on any atom is -0.442 e. The molecule has 2 heterocycles. The molecule has 1 amide bonds. The van der Waals surface area contributed by atoms with Crippen molar-refractivity contribution >= 4 is 24.3 Å². The van der Waals surface area contributed by atoms with Gasteiger partial charge in [0.25, 0.3) is 0 Å². The summed E-state index contributed by atoms with van der Waals surface area (Å²) in [4.78, 5) is 10.6. The third-order valence-electron chi connectivity index (χ3n) is 1.70. The molecule has 1 atom stereocenters. The summed E-state index contributed by atoms with van der Waals surface area (Å²) in [5, 5.41) is 9.17. The zero-order valence-electron chi connectivity index (χ0n) is 7.23. The number of hydrogen-bond acceptors (Lipinski definition) is 5. The Morgan fingerprint density at radius 2 is 2.57 bits per heavy atom. The molecule has 1 aromatic heterocycles.